The highest BCUT2D eigenvalue weighted by atomic mass is 32.2. The number of nitrogens with zero attached hydrogens (tertiary/aromatic N) is 1. The topological polar surface area (TPSA) is 99.7 Å². The van der Waals surface area contributed by atoms with Crippen LogP contribution < -0.4 is 15.4 Å². The number of anilines is 1. The number of sulfonamides is 1. The van der Waals surface area contributed by atoms with Gasteiger partial charge >= 0.3 is 0 Å². The Balaban J connectivity index is 1.58. The van der Waals surface area contributed by atoms with E-state index in [1.54, 1.807) is 42.5 Å². The van der Waals surface area contributed by atoms with Crippen LogP contribution in [0.1, 0.15) is 5.56 Å². The number of nitrogens with one attached hydrogen (secondary N) is 3. The Morgan fingerprint density at radius 3 is 2.57 bits per heavy atom. The normalized spacial score (nSPS) is 13.9. The largest absolute Gasteiger partial charge is 0.352 e. The second kappa shape index (κ2) is 7.32. The third-order valence-electron chi connectivity index (χ3n) is 4.36. The van der Waals surface area contributed by atoms with E-state index >= 15 is 0 Å². The number of rotatable bonds is 5. The van der Waals surface area contributed by atoms with Crippen molar-refractivity contribution in [3.05, 3.63) is 72.3 Å². The van der Waals surface area contributed by atoms with Crippen molar-refractivity contribution in [3.8, 4) is 0 Å². The maximum Gasteiger partial charge on any atom is 0.261 e. The fraction of sp³-hybridized carbons (Fsp3) is 0.100. The summed E-state index contributed by atoms with van der Waals surface area (Å²) in [4.78, 5) is 15.5. The second-order valence-electron chi connectivity index (χ2n) is 6.34. The molecule has 0 aliphatic carbocycles. The van der Waals surface area contributed by atoms with Crippen LogP contribution in [0.3, 0.4) is 0 Å². The van der Waals surface area contributed by atoms with Crippen LogP contribution in [-0.2, 0) is 21.4 Å². The molecule has 0 saturated carbocycles. The molecule has 3 N–H and O–H groups in total. The minimum atomic E-state index is -3.68. The van der Waals surface area contributed by atoms with Crippen LogP contribution >= 0.6 is 0 Å². The van der Waals surface area contributed by atoms with Crippen molar-refractivity contribution in [1.29, 1.82) is 0 Å². The smallest absolute Gasteiger partial charge is 0.261 e. The maximum absolute atomic E-state index is 12.7. The van der Waals surface area contributed by atoms with Crippen molar-refractivity contribution in [2.45, 2.75) is 11.4 Å². The lowest BCUT2D eigenvalue weighted by Crippen LogP contribution is -2.35. The summed E-state index contributed by atoms with van der Waals surface area (Å²) in [7, 11) is -3.68. The molecule has 0 bridgehead atoms. The third-order valence-corrected chi connectivity index (χ3v) is 5.74. The van der Waals surface area contributed by atoms with Gasteiger partial charge in [0.05, 0.1) is 4.90 Å². The Labute approximate surface area is 162 Å². The Morgan fingerprint density at radius 2 is 1.82 bits per heavy atom. The molecular weight excluding hydrogens is 376 g/mol. The number of hydrogen-bond donors (Lipinski definition) is 3. The van der Waals surface area contributed by atoms with Crippen LogP contribution in [0.4, 0.5) is 5.69 Å². The zero-order valence-electron chi connectivity index (χ0n) is 14.8. The standard InChI is InChI=1S/C20H18N4O3S/c25-19-13-22-20(23-19)21-12-15-6-4-5-14-11-17(9-10-18(14)15)28(26,27)24-16-7-2-1-3-8-16/h1-11,24H,12-13H2,(H2,21,22,23,25). The summed E-state index contributed by atoms with van der Waals surface area (Å²) < 4.78 is 27.9. The number of para-hydroxylation sites is 1. The highest BCUT2D eigenvalue weighted by molar-refractivity contribution is 7.92. The predicted molar refractivity (Wildman–Crippen MR) is 108 cm³/mol. The molecule has 0 radical (unpaired) electrons. The van der Waals surface area contributed by atoms with Crippen molar-refractivity contribution >= 4 is 38.3 Å². The average Bonchev–Trinajstić information content (AvgIpc) is 3.11. The number of hydrogen-bond acceptors (Lipinski definition) is 5. The van der Waals surface area contributed by atoms with E-state index in [0.717, 1.165) is 16.3 Å². The molecule has 28 heavy (non-hydrogen) atoms. The molecule has 7 nitrogen and oxygen atoms in total. The van der Waals surface area contributed by atoms with E-state index in [9.17, 15) is 13.2 Å². The Morgan fingerprint density at radius 1 is 1.00 bits per heavy atom. The van der Waals surface area contributed by atoms with Gasteiger partial charge in [-0.1, -0.05) is 42.5 Å². The van der Waals surface area contributed by atoms with E-state index in [4.69, 9.17) is 0 Å². The number of fused-ring (bicyclic) bond motifs is 1. The van der Waals surface area contributed by atoms with Crippen LogP contribution in [0.5, 0.6) is 0 Å². The van der Waals surface area contributed by atoms with Gasteiger partial charge in [-0.3, -0.25) is 14.8 Å². The monoisotopic (exact) mass is 394 g/mol. The number of aliphatic imine (C=N–C) groups is 1. The molecule has 0 saturated heterocycles. The predicted octanol–water partition coefficient (Wildman–Crippen LogP) is 2.22. The first kappa shape index (κ1) is 18.0. The van der Waals surface area contributed by atoms with Crippen molar-refractivity contribution in [2.75, 3.05) is 11.3 Å². The lowest BCUT2D eigenvalue weighted by Gasteiger charge is -2.12. The van der Waals surface area contributed by atoms with Gasteiger partial charge in [0.15, 0.2) is 5.96 Å². The molecule has 1 heterocycles. The van der Waals surface area contributed by atoms with E-state index in [1.807, 2.05) is 24.3 Å². The fourth-order valence-corrected chi connectivity index (χ4v) is 4.10. The summed E-state index contributed by atoms with van der Waals surface area (Å²) in [5.74, 6) is 0.314. The Bertz CT molecular complexity index is 1170. The Hall–Kier alpha value is -3.39. The first-order valence-electron chi connectivity index (χ1n) is 8.69. The zero-order chi connectivity index (χ0) is 19.6. The van der Waals surface area contributed by atoms with Crippen molar-refractivity contribution in [1.82, 2.24) is 10.6 Å². The average molecular weight is 394 g/mol. The van der Waals surface area contributed by atoms with Crippen molar-refractivity contribution in [3.63, 3.8) is 0 Å². The zero-order valence-corrected chi connectivity index (χ0v) is 15.7. The molecule has 3 aromatic rings. The highest BCUT2D eigenvalue weighted by Crippen LogP contribution is 2.24. The summed E-state index contributed by atoms with van der Waals surface area (Å²) in [6.07, 6.45) is 0. The van der Waals surface area contributed by atoms with Gasteiger partial charge in [0, 0.05) is 12.2 Å². The van der Waals surface area contributed by atoms with Gasteiger partial charge in [0.25, 0.3) is 10.0 Å². The summed E-state index contributed by atoms with van der Waals surface area (Å²) in [5.41, 5.74) is 1.49. The molecule has 0 aromatic heterocycles. The number of benzene rings is 3. The van der Waals surface area contributed by atoms with Gasteiger partial charge < -0.3 is 5.32 Å². The Kier molecular flexibility index (Phi) is 4.70. The minimum absolute atomic E-state index is 0.132. The van der Waals surface area contributed by atoms with Gasteiger partial charge in [-0.2, -0.15) is 0 Å². The van der Waals surface area contributed by atoms with Crippen LogP contribution in [0.2, 0.25) is 0 Å². The molecule has 1 aliphatic heterocycles. The SMILES string of the molecule is O=C1CN=C(NCc2cccc3cc(S(=O)(=O)Nc4ccccc4)ccc23)N1. The number of guanidine groups is 1. The van der Waals surface area contributed by atoms with Crippen LogP contribution in [0, 0.1) is 0 Å². The van der Waals surface area contributed by atoms with Gasteiger partial charge in [-0.05, 0) is 40.6 Å². The van der Waals surface area contributed by atoms with E-state index in [1.165, 1.54) is 0 Å². The van der Waals surface area contributed by atoms with Crippen molar-refractivity contribution in [2.24, 2.45) is 4.99 Å². The fourth-order valence-electron chi connectivity index (χ4n) is 3.01. The second-order valence-corrected chi connectivity index (χ2v) is 8.02. The molecule has 4 rings (SSSR count). The lowest BCUT2D eigenvalue weighted by atomic mass is 10.0. The van der Waals surface area contributed by atoms with Gasteiger partial charge in [-0.15, -0.1) is 0 Å². The quantitative estimate of drug-likeness (QED) is 0.618. The van der Waals surface area contributed by atoms with E-state index in [2.05, 4.69) is 20.3 Å². The van der Waals surface area contributed by atoms with Crippen LogP contribution in [-0.4, -0.2) is 26.8 Å². The van der Waals surface area contributed by atoms with E-state index in [0.29, 0.717) is 18.2 Å². The third kappa shape index (κ3) is 3.81. The molecule has 1 aliphatic rings. The molecule has 3 aromatic carbocycles. The number of carbonyl (C=O) groups excluding carboxylic acids is 1. The molecule has 0 spiro atoms. The van der Waals surface area contributed by atoms with E-state index < -0.39 is 10.0 Å². The molecule has 8 heteroatoms. The molecular formula is C20H18N4O3S. The number of carbonyl (C=O) groups is 1. The first-order chi connectivity index (χ1) is 13.5. The van der Waals surface area contributed by atoms with Crippen LogP contribution in [0.25, 0.3) is 10.8 Å². The first-order valence-corrected chi connectivity index (χ1v) is 10.2. The van der Waals surface area contributed by atoms with Gasteiger partial charge in [-0.25, -0.2) is 13.4 Å². The van der Waals surface area contributed by atoms with Crippen LogP contribution in [0.15, 0.2) is 76.6 Å². The van der Waals surface area contributed by atoms with E-state index in [-0.39, 0.29) is 17.3 Å². The molecule has 0 unspecified atom stereocenters. The summed E-state index contributed by atoms with van der Waals surface area (Å²) in [6.45, 7) is 0.596. The molecule has 1 amide bonds. The molecule has 0 fully saturated rings. The lowest BCUT2D eigenvalue weighted by molar-refractivity contribution is -0.117. The number of amides is 1. The minimum Gasteiger partial charge on any atom is -0.352 e. The summed E-state index contributed by atoms with van der Waals surface area (Å²) in [6, 6.07) is 19.5. The van der Waals surface area contributed by atoms with Gasteiger partial charge in [0.1, 0.15) is 6.54 Å². The maximum atomic E-state index is 12.7. The summed E-state index contributed by atoms with van der Waals surface area (Å²) >= 11 is 0. The summed E-state index contributed by atoms with van der Waals surface area (Å²) in [5, 5.41) is 7.46. The molecule has 0 atom stereocenters. The van der Waals surface area contributed by atoms with Gasteiger partial charge in [0.2, 0.25) is 5.91 Å². The highest BCUT2D eigenvalue weighted by Gasteiger charge is 2.16. The molecule has 142 valence electrons. The van der Waals surface area contributed by atoms with Crippen molar-refractivity contribution < 1.29 is 13.2 Å².